The summed E-state index contributed by atoms with van der Waals surface area (Å²) in [7, 11) is 0. The number of benzene rings is 1. The zero-order chi connectivity index (χ0) is 22.1. The van der Waals surface area contributed by atoms with Crippen LogP contribution in [0.2, 0.25) is 0 Å². The van der Waals surface area contributed by atoms with E-state index in [1.807, 2.05) is 10.6 Å². The number of carbonyl (C=O) groups excluding carboxylic acids is 1. The van der Waals surface area contributed by atoms with E-state index in [0.29, 0.717) is 38.2 Å². The van der Waals surface area contributed by atoms with Gasteiger partial charge >= 0.3 is 0 Å². The van der Waals surface area contributed by atoms with E-state index < -0.39 is 5.67 Å². The molecule has 0 radical (unpaired) electrons. The molecule has 2 aliphatic rings. The first-order valence-corrected chi connectivity index (χ1v) is 11.1. The SMILES string of the molecule is O=C(N1CCC(n2cnc3cc(F)ccc32)CC1)C1(F)CCN(Cc2ccnnc2)CC1. The molecule has 9 heteroatoms. The number of rotatable bonds is 4. The molecule has 1 amide bonds. The third-order valence-electron chi connectivity index (χ3n) is 6.77. The van der Waals surface area contributed by atoms with Crippen LogP contribution in [-0.2, 0) is 11.3 Å². The van der Waals surface area contributed by atoms with E-state index in [4.69, 9.17) is 0 Å². The number of carbonyl (C=O) groups is 1. The maximum absolute atomic E-state index is 15.6. The lowest BCUT2D eigenvalue weighted by molar-refractivity contribution is -0.148. The van der Waals surface area contributed by atoms with Gasteiger partial charge < -0.3 is 9.47 Å². The molecular weight excluding hydrogens is 414 g/mol. The third kappa shape index (κ3) is 4.09. The first-order chi connectivity index (χ1) is 15.5. The van der Waals surface area contributed by atoms with Crippen molar-refractivity contribution in [1.29, 1.82) is 0 Å². The Morgan fingerprint density at radius 1 is 1.09 bits per heavy atom. The van der Waals surface area contributed by atoms with Gasteiger partial charge in [0.05, 0.1) is 23.6 Å². The summed E-state index contributed by atoms with van der Waals surface area (Å²) in [6, 6.07) is 6.67. The van der Waals surface area contributed by atoms with Crippen molar-refractivity contribution in [1.82, 2.24) is 29.5 Å². The Morgan fingerprint density at radius 2 is 1.88 bits per heavy atom. The summed E-state index contributed by atoms with van der Waals surface area (Å²) in [5, 5.41) is 7.66. The molecule has 0 N–H and O–H groups in total. The van der Waals surface area contributed by atoms with Crippen LogP contribution in [0.4, 0.5) is 8.78 Å². The van der Waals surface area contributed by atoms with E-state index in [9.17, 15) is 9.18 Å². The summed E-state index contributed by atoms with van der Waals surface area (Å²) in [6.45, 7) is 2.80. The number of likely N-dealkylation sites (tertiary alicyclic amines) is 2. The van der Waals surface area contributed by atoms with Gasteiger partial charge in [-0.2, -0.15) is 10.2 Å². The van der Waals surface area contributed by atoms with Crippen LogP contribution in [0.15, 0.2) is 43.0 Å². The van der Waals surface area contributed by atoms with E-state index in [2.05, 4.69) is 20.1 Å². The lowest BCUT2D eigenvalue weighted by atomic mass is 9.90. The number of hydrogen-bond acceptors (Lipinski definition) is 5. The first kappa shape index (κ1) is 20.9. The molecule has 5 rings (SSSR count). The van der Waals surface area contributed by atoms with Gasteiger partial charge in [-0.05, 0) is 36.6 Å². The molecule has 4 heterocycles. The van der Waals surface area contributed by atoms with Crippen LogP contribution in [0.1, 0.15) is 37.3 Å². The summed E-state index contributed by atoms with van der Waals surface area (Å²) >= 11 is 0. The molecule has 0 atom stereocenters. The van der Waals surface area contributed by atoms with E-state index >= 15 is 4.39 Å². The van der Waals surface area contributed by atoms with Crippen molar-refractivity contribution in [3.8, 4) is 0 Å². The van der Waals surface area contributed by atoms with Gasteiger partial charge in [0.2, 0.25) is 0 Å². The lowest BCUT2D eigenvalue weighted by Crippen LogP contribution is -2.53. The number of amides is 1. The average molecular weight is 440 g/mol. The molecule has 0 bridgehead atoms. The molecule has 2 fully saturated rings. The summed E-state index contributed by atoms with van der Waals surface area (Å²) in [5.74, 6) is -0.682. The average Bonchev–Trinajstić information content (AvgIpc) is 3.24. The number of imidazole rings is 1. The fourth-order valence-corrected chi connectivity index (χ4v) is 4.88. The van der Waals surface area contributed by atoms with Crippen molar-refractivity contribution in [2.45, 2.75) is 43.9 Å². The second-order valence-electron chi connectivity index (χ2n) is 8.80. The number of nitrogens with zero attached hydrogens (tertiary/aromatic N) is 6. The first-order valence-electron chi connectivity index (χ1n) is 11.1. The van der Waals surface area contributed by atoms with Gasteiger partial charge in [0.25, 0.3) is 5.91 Å². The molecule has 2 aromatic heterocycles. The Morgan fingerprint density at radius 3 is 2.59 bits per heavy atom. The number of aromatic nitrogens is 4. The Kier molecular flexibility index (Phi) is 5.58. The highest BCUT2D eigenvalue weighted by Crippen LogP contribution is 2.33. The zero-order valence-electron chi connectivity index (χ0n) is 17.8. The minimum atomic E-state index is -1.79. The fourth-order valence-electron chi connectivity index (χ4n) is 4.88. The highest BCUT2D eigenvalue weighted by Gasteiger charge is 2.44. The molecule has 0 aliphatic carbocycles. The van der Waals surface area contributed by atoms with Crippen LogP contribution >= 0.6 is 0 Å². The van der Waals surface area contributed by atoms with Crippen LogP contribution < -0.4 is 0 Å². The number of alkyl halides is 1. The van der Waals surface area contributed by atoms with Crippen LogP contribution in [0.25, 0.3) is 11.0 Å². The second kappa shape index (κ2) is 8.54. The van der Waals surface area contributed by atoms with Crippen molar-refractivity contribution >= 4 is 16.9 Å². The molecule has 168 valence electrons. The van der Waals surface area contributed by atoms with Crippen molar-refractivity contribution in [2.24, 2.45) is 0 Å². The molecule has 0 spiro atoms. The van der Waals surface area contributed by atoms with Gasteiger partial charge in [-0.25, -0.2) is 13.8 Å². The summed E-state index contributed by atoms with van der Waals surface area (Å²) in [5.41, 5.74) is 0.754. The maximum Gasteiger partial charge on any atom is 0.260 e. The zero-order valence-corrected chi connectivity index (χ0v) is 17.8. The highest BCUT2D eigenvalue weighted by molar-refractivity contribution is 5.85. The molecule has 0 saturated carbocycles. The summed E-state index contributed by atoms with van der Waals surface area (Å²) < 4.78 is 31.1. The van der Waals surface area contributed by atoms with Crippen LogP contribution in [0, 0.1) is 5.82 Å². The molecule has 0 unspecified atom stereocenters. The minimum Gasteiger partial charge on any atom is -0.340 e. The van der Waals surface area contributed by atoms with Crippen molar-refractivity contribution in [2.75, 3.05) is 26.2 Å². The van der Waals surface area contributed by atoms with Crippen LogP contribution in [-0.4, -0.2) is 67.3 Å². The summed E-state index contributed by atoms with van der Waals surface area (Å²) in [6.07, 6.45) is 6.97. The number of hydrogen-bond donors (Lipinski definition) is 0. The number of fused-ring (bicyclic) bond motifs is 1. The molecule has 2 aliphatic heterocycles. The number of halogens is 2. The standard InChI is InChI=1S/C23H26F2N6O/c24-18-1-2-21-20(13-18)26-16-31(21)19-4-9-30(10-5-19)22(32)23(25)6-11-29(12-7-23)15-17-3-8-27-28-14-17/h1-3,8,13-14,16,19H,4-7,9-12,15H2. The Labute approximate surface area is 185 Å². The van der Waals surface area contributed by atoms with E-state index in [-0.39, 0.29) is 30.6 Å². The van der Waals surface area contributed by atoms with Gasteiger partial charge in [0, 0.05) is 63.9 Å². The fraction of sp³-hybridized carbons (Fsp3) is 0.478. The smallest absolute Gasteiger partial charge is 0.260 e. The normalized spacial score (nSPS) is 20.0. The Hall–Kier alpha value is -2.94. The predicted molar refractivity (Wildman–Crippen MR) is 115 cm³/mol. The monoisotopic (exact) mass is 440 g/mol. The van der Waals surface area contributed by atoms with Gasteiger partial charge in [0.1, 0.15) is 5.82 Å². The van der Waals surface area contributed by atoms with Gasteiger partial charge in [-0.1, -0.05) is 0 Å². The lowest BCUT2D eigenvalue weighted by Gasteiger charge is -2.40. The minimum absolute atomic E-state index is 0.167. The van der Waals surface area contributed by atoms with Crippen molar-refractivity contribution < 1.29 is 13.6 Å². The quantitative estimate of drug-likeness (QED) is 0.624. The predicted octanol–water partition coefficient (Wildman–Crippen LogP) is 3.13. The molecule has 32 heavy (non-hydrogen) atoms. The van der Waals surface area contributed by atoms with Gasteiger partial charge in [-0.15, -0.1) is 0 Å². The molecular formula is C23H26F2N6O. The maximum atomic E-state index is 15.6. The van der Waals surface area contributed by atoms with Gasteiger partial charge in [0.15, 0.2) is 5.67 Å². The molecule has 3 aromatic rings. The van der Waals surface area contributed by atoms with Crippen LogP contribution in [0.5, 0.6) is 0 Å². The summed E-state index contributed by atoms with van der Waals surface area (Å²) in [4.78, 5) is 21.2. The molecule has 1 aromatic carbocycles. The highest BCUT2D eigenvalue weighted by atomic mass is 19.1. The molecule has 7 nitrogen and oxygen atoms in total. The topological polar surface area (TPSA) is 67.2 Å². The van der Waals surface area contributed by atoms with Crippen molar-refractivity contribution in [3.05, 3.63) is 54.4 Å². The van der Waals surface area contributed by atoms with Gasteiger partial charge in [-0.3, -0.25) is 9.69 Å². The van der Waals surface area contributed by atoms with E-state index in [0.717, 1.165) is 23.9 Å². The van der Waals surface area contributed by atoms with E-state index in [1.54, 1.807) is 29.7 Å². The largest absolute Gasteiger partial charge is 0.340 e. The Balaban J connectivity index is 1.17. The van der Waals surface area contributed by atoms with Crippen LogP contribution in [0.3, 0.4) is 0 Å². The third-order valence-corrected chi connectivity index (χ3v) is 6.77. The van der Waals surface area contributed by atoms with Crippen molar-refractivity contribution in [3.63, 3.8) is 0 Å². The molecule has 2 saturated heterocycles. The Bertz CT molecular complexity index is 1090. The van der Waals surface area contributed by atoms with E-state index in [1.165, 1.54) is 12.1 Å². The number of piperidine rings is 2. The second-order valence-corrected chi connectivity index (χ2v) is 8.80.